The van der Waals surface area contributed by atoms with Crippen molar-refractivity contribution in [1.82, 2.24) is 0 Å². The highest BCUT2D eigenvalue weighted by atomic mass is 16.5. The van der Waals surface area contributed by atoms with Gasteiger partial charge in [0.2, 0.25) is 0 Å². The topological polar surface area (TPSA) is 33.0 Å². The number of hydrogen-bond donors (Lipinski definition) is 0. The molecule has 2 nitrogen and oxygen atoms in total. The second kappa shape index (κ2) is 7.13. The maximum Gasteiger partial charge on any atom is 0.123 e. The molecule has 0 aliphatic carbocycles. The molecule has 0 N–H and O–H groups in total. The number of rotatable bonds is 5. The summed E-state index contributed by atoms with van der Waals surface area (Å²) in [6, 6.07) is 18.8. The number of hydrogen-bond acceptors (Lipinski definition) is 2. The summed E-state index contributed by atoms with van der Waals surface area (Å²) in [5, 5.41) is 9.76. The van der Waals surface area contributed by atoms with Crippen LogP contribution in [0.3, 0.4) is 0 Å². The van der Waals surface area contributed by atoms with Gasteiger partial charge in [-0.3, -0.25) is 0 Å². The summed E-state index contributed by atoms with van der Waals surface area (Å²) < 4.78 is 5.50. The molecule has 2 aromatic carbocycles. The monoisotopic (exact) mass is 293 g/mol. The fourth-order valence-electron chi connectivity index (χ4n) is 2.75. The first kappa shape index (κ1) is 16.1. The summed E-state index contributed by atoms with van der Waals surface area (Å²) in [7, 11) is 1.66. The van der Waals surface area contributed by atoms with Crippen LogP contribution in [0, 0.1) is 11.3 Å². The van der Waals surface area contributed by atoms with Crippen LogP contribution in [0.5, 0.6) is 5.75 Å². The average Bonchev–Trinajstić information content (AvgIpc) is 2.56. The molecule has 2 atom stereocenters. The van der Waals surface area contributed by atoms with E-state index in [2.05, 4.69) is 51.1 Å². The molecule has 2 aromatic rings. The van der Waals surface area contributed by atoms with Crippen molar-refractivity contribution in [2.75, 3.05) is 7.11 Å². The highest BCUT2D eigenvalue weighted by Crippen LogP contribution is 2.38. The molecular formula is C20H23NO. The Kier molecular flexibility index (Phi) is 5.22. The predicted octanol–water partition coefficient (Wildman–Crippen LogP) is 5.23. The van der Waals surface area contributed by atoms with Gasteiger partial charge in [-0.05, 0) is 23.1 Å². The smallest absolute Gasteiger partial charge is 0.123 e. The molecule has 2 unspecified atom stereocenters. The second-order valence-electron chi connectivity index (χ2n) is 5.96. The number of methoxy groups -OCH3 is 1. The Hall–Kier alpha value is -2.27. The normalized spacial score (nSPS) is 13.5. The van der Waals surface area contributed by atoms with Gasteiger partial charge in [-0.2, -0.15) is 5.26 Å². The Labute approximate surface area is 133 Å². The van der Waals surface area contributed by atoms with Gasteiger partial charge in [0.25, 0.3) is 0 Å². The Morgan fingerprint density at radius 3 is 2.18 bits per heavy atom. The molecule has 22 heavy (non-hydrogen) atoms. The fraction of sp³-hybridized carbons (Fsp3) is 0.350. The molecule has 0 saturated heterocycles. The molecular weight excluding hydrogens is 270 g/mol. The van der Waals surface area contributed by atoms with Gasteiger partial charge in [0, 0.05) is 11.5 Å². The van der Waals surface area contributed by atoms with Gasteiger partial charge in [-0.25, -0.2) is 0 Å². The van der Waals surface area contributed by atoms with Crippen molar-refractivity contribution in [3.8, 4) is 11.8 Å². The molecule has 0 fully saturated rings. The average molecular weight is 293 g/mol. The van der Waals surface area contributed by atoms with Crippen molar-refractivity contribution < 1.29 is 4.74 Å². The Morgan fingerprint density at radius 1 is 0.955 bits per heavy atom. The zero-order valence-corrected chi connectivity index (χ0v) is 13.7. The molecule has 0 aliphatic heterocycles. The number of benzene rings is 2. The minimum atomic E-state index is -0.226. The molecule has 0 saturated carbocycles. The van der Waals surface area contributed by atoms with Crippen LogP contribution in [0.2, 0.25) is 0 Å². The van der Waals surface area contributed by atoms with Gasteiger partial charge in [-0.1, -0.05) is 63.2 Å². The van der Waals surface area contributed by atoms with E-state index in [1.807, 2.05) is 24.3 Å². The van der Waals surface area contributed by atoms with Crippen molar-refractivity contribution >= 4 is 0 Å². The van der Waals surface area contributed by atoms with E-state index in [4.69, 9.17) is 4.74 Å². The summed E-state index contributed by atoms with van der Waals surface area (Å²) in [6.45, 7) is 6.42. The van der Waals surface area contributed by atoms with Crippen molar-refractivity contribution in [3.05, 3.63) is 65.2 Å². The molecule has 0 heterocycles. The van der Waals surface area contributed by atoms with Gasteiger partial charge in [0.05, 0.1) is 19.1 Å². The second-order valence-corrected chi connectivity index (χ2v) is 5.96. The maximum absolute atomic E-state index is 9.76. The van der Waals surface area contributed by atoms with Crippen LogP contribution in [0.4, 0.5) is 0 Å². The first-order valence-electron chi connectivity index (χ1n) is 7.70. The van der Waals surface area contributed by atoms with Gasteiger partial charge in [-0.15, -0.1) is 0 Å². The Balaban J connectivity index is 2.46. The van der Waals surface area contributed by atoms with E-state index in [1.165, 1.54) is 11.1 Å². The molecule has 0 spiro atoms. The van der Waals surface area contributed by atoms with E-state index in [0.717, 1.165) is 11.3 Å². The Morgan fingerprint density at radius 2 is 1.64 bits per heavy atom. The third-order valence-corrected chi connectivity index (χ3v) is 4.22. The highest BCUT2D eigenvalue weighted by Gasteiger charge is 2.24. The van der Waals surface area contributed by atoms with Crippen LogP contribution < -0.4 is 4.74 Å². The molecule has 2 rings (SSSR count). The van der Waals surface area contributed by atoms with Crippen LogP contribution in [0.1, 0.15) is 55.2 Å². The molecule has 0 aromatic heterocycles. The van der Waals surface area contributed by atoms with E-state index in [9.17, 15) is 5.26 Å². The van der Waals surface area contributed by atoms with Gasteiger partial charge in [0.15, 0.2) is 0 Å². The molecule has 0 bridgehead atoms. The quantitative estimate of drug-likeness (QED) is 0.756. The van der Waals surface area contributed by atoms with Gasteiger partial charge in [0.1, 0.15) is 5.75 Å². The number of ether oxygens (including phenoxy) is 1. The third-order valence-electron chi connectivity index (χ3n) is 4.22. The predicted molar refractivity (Wildman–Crippen MR) is 90.3 cm³/mol. The van der Waals surface area contributed by atoms with E-state index in [1.54, 1.807) is 7.11 Å². The van der Waals surface area contributed by atoms with Gasteiger partial charge >= 0.3 is 0 Å². The number of nitriles is 1. The minimum absolute atomic E-state index is 0.113. The first-order chi connectivity index (χ1) is 10.6. The highest BCUT2D eigenvalue weighted by molar-refractivity contribution is 5.45. The summed E-state index contributed by atoms with van der Waals surface area (Å²) >= 11 is 0. The van der Waals surface area contributed by atoms with Crippen molar-refractivity contribution in [2.45, 2.75) is 38.5 Å². The third kappa shape index (κ3) is 3.31. The molecule has 114 valence electrons. The van der Waals surface area contributed by atoms with Crippen molar-refractivity contribution in [1.29, 1.82) is 5.26 Å². The fourth-order valence-corrected chi connectivity index (χ4v) is 2.75. The summed E-state index contributed by atoms with van der Waals surface area (Å²) in [5.41, 5.74) is 3.38. The SMILES string of the molecule is COc1ccc(C(C)C)cc1C(C#N)C(C)c1ccccc1. The zero-order valence-electron chi connectivity index (χ0n) is 13.7. The number of nitrogens with zero attached hydrogens (tertiary/aromatic N) is 1. The van der Waals surface area contributed by atoms with E-state index in [0.29, 0.717) is 5.92 Å². The van der Waals surface area contributed by atoms with E-state index in [-0.39, 0.29) is 11.8 Å². The molecule has 2 heteroatoms. The maximum atomic E-state index is 9.76. The first-order valence-corrected chi connectivity index (χ1v) is 7.70. The molecule has 0 radical (unpaired) electrons. The van der Waals surface area contributed by atoms with Crippen LogP contribution in [-0.4, -0.2) is 7.11 Å². The summed E-state index contributed by atoms with van der Waals surface area (Å²) in [6.07, 6.45) is 0. The van der Waals surface area contributed by atoms with Gasteiger partial charge < -0.3 is 4.74 Å². The summed E-state index contributed by atoms with van der Waals surface area (Å²) in [4.78, 5) is 0. The lowest BCUT2D eigenvalue weighted by Gasteiger charge is -2.22. The van der Waals surface area contributed by atoms with E-state index < -0.39 is 0 Å². The molecule has 0 aliphatic rings. The molecule has 0 amide bonds. The zero-order chi connectivity index (χ0) is 16.1. The Bertz CT molecular complexity index is 655. The largest absolute Gasteiger partial charge is 0.496 e. The van der Waals surface area contributed by atoms with Crippen molar-refractivity contribution in [3.63, 3.8) is 0 Å². The van der Waals surface area contributed by atoms with Crippen LogP contribution in [0.15, 0.2) is 48.5 Å². The lowest BCUT2D eigenvalue weighted by atomic mass is 9.82. The van der Waals surface area contributed by atoms with Crippen LogP contribution >= 0.6 is 0 Å². The van der Waals surface area contributed by atoms with E-state index >= 15 is 0 Å². The lowest BCUT2D eigenvalue weighted by molar-refractivity contribution is 0.406. The lowest BCUT2D eigenvalue weighted by Crippen LogP contribution is -2.09. The minimum Gasteiger partial charge on any atom is -0.496 e. The van der Waals surface area contributed by atoms with Crippen molar-refractivity contribution in [2.24, 2.45) is 0 Å². The van der Waals surface area contributed by atoms with Crippen LogP contribution in [0.25, 0.3) is 0 Å². The standard InChI is InChI=1S/C20H23NO/c1-14(2)17-10-11-20(22-4)18(12-17)19(13-21)15(3)16-8-6-5-7-9-16/h5-12,14-15,19H,1-4H3. The summed E-state index contributed by atoms with van der Waals surface area (Å²) in [5.74, 6) is 1.10. The van der Waals surface area contributed by atoms with Crippen LogP contribution in [-0.2, 0) is 0 Å².